The van der Waals surface area contributed by atoms with Gasteiger partial charge < -0.3 is 10.1 Å². The highest BCUT2D eigenvalue weighted by Gasteiger charge is 2.06. The third-order valence-electron chi connectivity index (χ3n) is 1.83. The van der Waals surface area contributed by atoms with Crippen molar-refractivity contribution in [2.75, 3.05) is 19.8 Å². The first-order valence-electron chi connectivity index (χ1n) is 5.41. The molecular weight excluding hydrogens is 208 g/mol. The van der Waals surface area contributed by atoms with Gasteiger partial charge in [-0.1, -0.05) is 13.8 Å². The fourth-order valence-electron chi connectivity index (χ4n) is 1.09. The van der Waals surface area contributed by atoms with Gasteiger partial charge in [-0.3, -0.25) is 9.89 Å². The molecule has 1 aromatic rings. The lowest BCUT2D eigenvalue weighted by Crippen LogP contribution is -2.26. The summed E-state index contributed by atoms with van der Waals surface area (Å²) < 4.78 is 5.38. The number of carbonyl (C=O) groups is 1. The molecule has 1 aromatic heterocycles. The van der Waals surface area contributed by atoms with E-state index in [-0.39, 0.29) is 11.7 Å². The van der Waals surface area contributed by atoms with Crippen LogP contribution >= 0.6 is 0 Å². The van der Waals surface area contributed by atoms with Crippen molar-refractivity contribution < 1.29 is 9.53 Å². The molecule has 0 unspecified atom stereocenters. The Kier molecular flexibility index (Phi) is 5.49. The Labute approximate surface area is 94.8 Å². The fourth-order valence-corrected chi connectivity index (χ4v) is 1.09. The van der Waals surface area contributed by atoms with Crippen LogP contribution in [0, 0.1) is 5.92 Å². The summed E-state index contributed by atoms with van der Waals surface area (Å²) in [5.74, 6) is 0.549. The molecule has 0 atom stereocenters. The van der Waals surface area contributed by atoms with Crippen molar-refractivity contribution in [3.63, 3.8) is 0 Å². The molecule has 1 heterocycles. The number of rotatable bonds is 7. The molecule has 0 aliphatic rings. The number of ether oxygens (including phenoxy) is 1. The van der Waals surface area contributed by atoms with Gasteiger partial charge in [0.1, 0.15) is 6.33 Å². The number of amides is 1. The van der Waals surface area contributed by atoms with Crippen LogP contribution in [0.4, 0.5) is 0 Å². The van der Waals surface area contributed by atoms with Crippen molar-refractivity contribution in [2.45, 2.75) is 20.3 Å². The molecule has 16 heavy (non-hydrogen) atoms. The van der Waals surface area contributed by atoms with Gasteiger partial charge in [0.05, 0.1) is 0 Å². The monoisotopic (exact) mass is 226 g/mol. The number of H-pyrrole nitrogens is 1. The van der Waals surface area contributed by atoms with E-state index in [1.807, 2.05) is 0 Å². The second-order valence-corrected chi connectivity index (χ2v) is 3.91. The van der Waals surface area contributed by atoms with Crippen molar-refractivity contribution in [2.24, 2.45) is 5.92 Å². The van der Waals surface area contributed by atoms with E-state index in [0.29, 0.717) is 19.1 Å². The number of nitrogens with one attached hydrogen (secondary N) is 2. The molecule has 0 bridgehead atoms. The van der Waals surface area contributed by atoms with Crippen LogP contribution in [0.25, 0.3) is 0 Å². The first-order valence-corrected chi connectivity index (χ1v) is 5.41. The molecule has 0 aliphatic heterocycles. The van der Waals surface area contributed by atoms with E-state index in [1.54, 1.807) is 0 Å². The van der Waals surface area contributed by atoms with Gasteiger partial charge in [0.2, 0.25) is 5.82 Å². The number of carbonyl (C=O) groups excluding carboxylic acids is 1. The highest BCUT2D eigenvalue weighted by molar-refractivity contribution is 5.90. The van der Waals surface area contributed by atoms with Gasteiger partial charge in [0, 0.05) is 19.8 Å². The largest absolute Gasteiger partial charge is 0.381 e. The summed E-state index contributed by atoms with van der Waals surface area (Å²) in [4.78, 5) is 15.1. The van der Waals surface area contributed by atoms with Crippen molar-refractivity contribution >= 4 is 5.91 Å². The highest BCUT2D eigenvalue weighted by atomic mass is 16.5. The third-order valence-corrected chi connectivity index (χ3v) is 1.83. The number of nitrogens with zero attached hydrogens (tertiary/aromatic N) is 2. The Morgan fingerprint density at radius 1 is 1.62 bits per heavy atom. The summed E-state index contributed by atoms with van der Waals surface area (Å²) in [6.07, 6.45) is 2.10. The van der Waals surface area contributed by atoms with Gasteiger partial charge in [0.15, 0.2) is 0 Å². The lowest BCUT2D eigenvalue weighted by Gasteiger charge is -2.06. The maximum absolute atomic E-state index is 11.4. The molecule has 0 saturated heterocycles. The minimum Gasteiger partial charge on any atom is -0.381 e. The van der Waals surface area contributed by atoms with Gasteiger partial charge in [-0.05, 0) is 12.3 Å². The highest BCUT2D eigenvalue weighted by Crippen LogP contribution is 1.93. The molecule has 1 rings (SSSR count). The first-order chi connectivity index (χ1) is 7.70. The van der Waals surface area contributed by atoms with Gasteiger partial charge in [-0.25, -0.2) is 4.98 Å². The smallest absolute Gasteiger partial charge is 0.288 e. The van der Waals surface area contributed by atoms with Crippen LogP contribution in [0.2, 0.25) is 0 Å². The predicted molar refractivity (Wildman–Crippen MR) is 59.0 cm³/mol. The summed E-state index contributed by atoms with van der Waals surface area (Å²) in [6.45, 7) is 6.21. The van der Waals surface area contributed by atoms with Crippen LogP contribution in [0.5, 0.6) is 0 Å². The molecule has 6 nitrogen and oxygen atoms in total. The van der Waals surface area contributed by atoms with Crippen LogP contribution < -0.4 is 5.32 Å². The standard InChI is InChI=1S/C10H18N4O2/c1-8(2)6-16-5-3-4-11-10(15)9-12-7-13-14-9/h7-8H,3-6H2,1-2H3,(H,11,15)(H,12,13,14). The summed E-state index contributed by atoms with van der Waals surface area (Å²) >= 11 is 0. The maximum atomic E-state index is 11.4. The molecule has 0 spiro atoms. The maximum Gasteiger partial charge on any atom is 0.288 e. The van der Waals surface area contributed by atoms with E-state index < -0.39 is 0 Å². The first kappa shape index (κ1) is 12.6. The van der Waals surface area contributed by atoms with E-state index >= 15 is 0 Å². The van der Waals surface area contributed by atoms with E-state index in [2.05, 4.69) is 34.3 Å². The third kappa shape index (κ3) is 4.88. The van der Waals surface area contributed by atoms with Crippen LogP contribution in [0.15, 0.2) is 6.33 Å². The molecule has 0 fully saturated rings. The zero-order valence-corrected chi connectivity index (χ0v) is 9.69. The van der Waals surface area contributed by atoms with Gasteiger partial charge >= 0.3 is 0 Å². The number of hydrogen-bond donors (Lipinski definition) is 2. The Bertz CT molecular complexity index is 298. The number of hydrogen-bond acceptors (Lipinski definition) is 4. The molecule has 6 heteroatoms. The molecule has 0 aromatic carbocycles. The summed E-state index contributed by atoms with van der Waals surface area (Å²) in [6, 6.07) is 0. The topological polar surface area (TPSA) is 79.9 Å². The summed E-state index contributed by atoms with van der Waals surface area (Å²) in [7, 11) is 0. The normalized spacial score (nSPS) is 10.7. The second-order valence-electron chi connectivity index (χ2n) is 3.91. The van der Waals surface area contributed by atoms with Gasteiger partial charge in [-0.15, -0.1) is 0 Å². The van der Waals surface area contributed by atoms with Gasteiger partial charge in [0.25, 0.3) is 5.91 Å². The van der Waals surface area contributed by atoms with Crippen molar-refractivity contribution in [1.29, 1.82) is 0 Å². The van der Waals surface area contributed by atoms with Crippen LogP contribution in [-0.2, 0) is 4.74 Å². The Balaban J connectivity index is 2.01. The zero-order valence-electron chi connectivity index (χ0n) is 9.69. The van der Waals surface area contributed by atoms with E-state index in [0.717, 1.165) is 13.0 Å². The SMILES string of the molecule is CC(C)COCCCNC(=O)c1ncn[nH]1. The molecular formula is C10H18N4O2. The summed E-state index contributed by atoms with van der Waals surface area (Å²) in [5, 5.41) is 8.82. The number of aromatic amines is 1. The predicted octanol–water partition coefficient (Wildman–Crippen LogP) is 0.597. The fraction of sp³-hybridized carbons (Fsp3) is 0.700. The van der Waals surface area contributed by atoms with Crippen molar-refractivity contribution in [1.82, 2.24) is 20.5 Å². The minimum absolute atomic E-state index is 0.235. The van der Waals surface area contributed by atoms with Gasteiger partial charge in [-0.2, -0.15) is 5.10 Å². The zero-order chi connectivity index (χ0) is 11.8. The minimum atomic E-state index is -0.235. The van der Waals surface area contributed by atoms with E-state index in [1.165, 1.54) is 6.33 Å². The molecule has 90 valence electrons. The Hall–Kier alpha value is -1.43. The Morgan fingerprint density at radius 3 is 3.06 bits per heavy atom. The second kappa shape index (κ2) is 6.95. The molecule has 2 N–H and O–H groups in total. The lowest BCUT2D eigenvalue weighted by molar-refractivity contribution is 0.0916. The van der Waals surface area contributed by atoms with Crippen LogP contribution in [0.1, 0.15) is 30.9 Å². The van der Waals surface area contributed by atoms with Crippen molar-refractivity contribution in [3.8, 4) is 0 Å². The van der Waals surface area contributed by atoms with E-state index in [9.17, 15) is 4.79 Å². The average Bonchev–Trinajstić information content (AvgIpc) is 2.75. The van der Waals surface area contributed by atoms with E-state index in [4.69, 9.17) is 4.74 Å². The molecule has 0 saturated carbocycles. The molecule has 1 amide bonds. The van der Waals surface area contributed by atoms with Crippen LogP contribution in [-0.4, -0.2) is 40.8 Å². The number of aromatic nitrogens is 3. The van der Waals surface area contributed by atoms with Crippen LogP contribution in [0.3, 0.4) is 0 Å². The quantitative estimate of drug-likeness (QED) is 0.667. The molecule has 0 radical (unpaired) electrons. The lowest BCUT2D eigenvalue weighted by atomic mass is 10.2. The average molecular weight is 226 g/mol. The molecule has 0 aliphatic carbocycles. The van der Waals surface area contributed by atoms with Crippen molar-refractivity contribution in [3.05, 3.63) is 12.2 Å². The Morgan fingerprint density at radius 2 is 2.44 bits per heavy atom. The summed E-state index contributed by atoms with van der Waals surface area (Å²) in [5.41, 5.74) is 0.